The summed E-state index contributed by atoms with van der Waals surface area (Å²) in [6.07, 6.45) is 37.8. The van der Waals surface area contributed by atoms with Crippen LogP contribution >= 0.6 is 0 Å². The van der Waals surface area contributed by atoms with Crippen molar-refractivity contribution >= 4 is 5.97 Å². The molecule has 1 aliphatic rings. The summed E-state index contributed by atoms with van der Waals surface area (Å²) >= 11 is 0. The number of carbonyl (C=O) groups excluding carboxylic acids is 1. The molecule has 1 saturated heterocycles. The number of carbonyl (C=O) groups is 1. The van der Waals surface area contributed by atoms with E-state index in [9.17, 15) is 4.79 Å². The highest BCUT2D eigenvalue weighted by molar-refractivity contribution is 5.69. The third kappa shape index (κ3) is 28.3. The van der Waals surface area contributed by atoms with E-state index in [1.807, 2.05) is 18.2 Å². The predicted molar refractivity (Wildman–Crippen MR) is 226 cm³/mol. The lowest BCUT2D eigenvalue weighted by atomic mass is 10.0. The molecule has 0 N–H and O–H groups in total. The van der Waals surface area contributed by atoms with Crippen molar-refractivity contribution in [3.63, 3.8) is 0 Å². The Labute approximate surface area is 328 Å². The average Bonchev–Trinajstić information content (AvgIpc) is 3.16. The molecule has 1 aromatic carbocycles. The molecule has 0 spiro atoms. The fourth-order valence-corrected chi connectivity index (χ4v) is 7.43. The van der Waals surface area contributed by atoms with Gasteiger partial charge < -0.3 is 24.0 Å². The molecule has 1 fully saturated rings. The van der Waals surface area contributed by atoms with Crippen LogP contribution < -0.4 is 9.47 Å². The predicted octanol–water partition coefficient (Wildman–Crippen LogP) is 13.1. The number of unbranched alkanes of at least 4 members (excludes halogenated alkanes) is 25. The number of esters is 1. The Bertz CT molecular complexity index is 964. The van der Waals surface area contributed by atoms with E-state index < -0.39 is 0 Å². The summed E-state index contributed by atoms with van der Waals surface area (Å²) < 4.78 is 18.2. The van der Waals surface area contributed by atoms with E-state index in [1.165, 1.54) is 161 Å². The van der Waals surface area contributed by atoms with Gasteiger partial charge in [-0.05, 0) is 50.6 Å². The van der Waals surface area contributed by atoms with Gasteiger partial charge in [0.1, 0.15) is 18.1 Å². The Morgan fingerprint density at radius 1 is 0.509 bits per heavy atom. The van der Waals surface area contributed by atoms with Crippen LogP contribution in [-0.2, 0) is 16.1 Å². The second kappa shape index (κ2) is 34.7. The molecule has 1 heterocycles. The second-order valence-corrected chi connectivity index (χ2v) is 16.3. The number of nitrogens with zero attached hydrogens (tertiary/aromatic N) is 2. The fraction of sp³-hybridized carbons (Fsp3) is 0.851. The van der Waals surface area contributed by atoms with E-state index >= 15 is 0 Å². The first-order valence-corrected chi connectivity index (χ1v) is 23.1. The minimum Gasteiger partial charge on any atom is -0.493 e. The van der Waals surface area contributed by atoms with E-state index in [-0.39, 0.29) is 12.6 Å². The summed E-state index contributed by atoms with van der Waals surface area (Å²) in [6.45, 7) is 11.6. The van der Waals surface area contributed by atoms with Crippen LogP contribution in [0.3, 0.4) is 0 Å². The number of rotatable bonds is 37. The largest absolute Gasteiger partial charge is 0.493 e. The smallest absolute Gasteiger partial charge is 0.306 e. The molecule has 0 saturated carbocycles. The van der Waals surface area contributed by atoms with Crippen molar-refractivity contribution in [2.24, 2.45) is 0 Å². The van der Waals surface area contributed by atoms with Crippen LogP contribution in [0, 0.1) is 0 Å². The lowest BCUT2D eigenvalue weighted by Gasteiger charge is -2.32. The lowest BCUT2D eigenvalue weighted by Crippen LogP contribution is -2.44. The van der Waals surface area contributed by atoms with Crippen molar-refractivity contribution in [3.05, 3.63) is 23.8 Å². The number of hydrogen-bond acceptors (Lipinski definition) is 6. The summed E-state index contributed by atoms with van der Waals surface area (Å²) in [6, 6.07) is 6.07. The quantitative estimate of drug-likeness (QED) is 0.0500. The molecule has 6 heteroatoms. The van der Waals surface area contributed by atoms with Gasteiger partial charge in [0.05, 0.1) is 13.2 Å². The van der Waals surface area contributed by atoms with Gasteiger partial charge in [0.25, 0.3) is 0 Å². The van der Waals surface area contributed by atoms with Crippen LogP contribution in [-0.4, -0.2) is 68.8 Å². The zero-order valence-corrected chi connectivity index (χ0v) is 35.4. The van der Waals surface area contributed by atoms with Crippen molar-refractivity contribution in [2.75, 3.05) is 53.0 Å². The van der Waals surface area contributed by atoms with Crippen molar-refractivity contribution < 1.29 is 19.0 Å². The number of piperazine rings is 1. The van der Waals surface area contributed by atoms with Gasteiger partial charge in [-0.3, -0.25) is 4.79 Å². The molecule has 0 aliphatic carbocycles. The topological polar surface area (TPSA) is 51.2 Å². The molecule has 1 aromatic rings. The van der Waals surface area contributed by atoms with Crippen LogP contribution in [0.15, 0.2) is 18.2 Å². The third-order valence-corrected chi connectivity index (χ3v) is 11.1. The molecule has 2 rings (SSSR count). The highest BCUT2D eigenvalue weighted by Gasteiger charge is 2.14. The summed E-state index contributed by atoms with van der Waals surface area (Å²) in [7, 11) is 2.17. The Hall–Kier alpha value is -1.79. The van der Waals surface area contributed by atoms with Crippen molar-refractivity contribution in [1.82, 2.24) is 9.80 Å². The molecule has 0 unspecified atom stereocenters. The number of ether oxygens (including phenoxy) is 3. The molecule has 0 radical (unpaired) electrons. The van der Waals surface area contributed by atoms with Gasteiger partial charge in [-0.25, -0.2) is 0 Å². The number of likely N-dealkylation sites (N-methyl/N-ethyl adjacent to an activating group) is 1. The van der Waals surface area contributed by atoms with Crippen LogP contribution in [0.5, 0.6) is 11.5 Å². The van der Waals surface area contributed by atoms with Gasteiger partial charge in [0, 0.05) is 38.7 Å². The van der Waals surface area contributed by atoms with Crippen LogP contribution in [0.4, 0.5) is 0 Å². The van der Waals surface area contributed by atoms with Gasteiger partial charge in [-0.15, -0.1) is 0 Å². The molecular weight excluding hydrogens is 657 g/mol. The molecular formula is C47H86N2O4. The second-order valence-electron chi connectivity index (χ2n) is 16.3. The van der Waals surface area contributed by atoms with E-state index in [0.29, 0.717) is 19.6 Å². The summed E-state index contributed by atoms with van der Waals surface area (Å²) in [4.78, 5) is 17.4. The summed E-state index contributed by atoms with van der Waals surface area (Å²) in [5, 5.41) is 0. The lowest BCUT2D eigenvalue weighted by molar-refractivity contribution is -0.145. The number of benzene rings is 1. The van der Waals surface area contributed by atoms with E-state index in [4.69, 9.17) is 14.2 Å². The summed E-state index contributed by atoms with van der Waals surface area (Å²) in [5.74, 6) is 1.52. The highest BCUT2D eigenvalue weighted by Crippen LogP contribution is 2.25. The fourth-order valence-electron chi connectivity index (χ4n) is 7.43. The molecule has 53 heavy (non-hydrogen) atoms. The highest BCUT2D eigenvalue weighted by atomic mass is 16.5. The Morgan fingerprint density at radius 2 is 0.887 bits per heavy atom. The molecule has 0 aromatic heterocycles. The molecule has 0 bridgehead atoms. The normalized spacial score (nSPS) is 13.8. The van der Waals surface area contributed by atoms with Crippen LogP contribution in [0.1, 0.15) is 206 Å². The van der Waals surface area contributed by atoms with Crippen molar-refractivity contribution in [3.8, 4) is 11.5 Å². The summed E-state index contributed by atoms with van der Waals surface area (Å²) in [5.41, 5.74) is 0.941. The van der Waals surface area contributed by atoms with Gasteiger partial charge >= 0.3 is 5.97 Å². The maximum atomic E-state index is 12.6. The Kier molecular flexibility index (Phi) is 31.0. The zero-order valence-electron chi connectivity index (χ0n) is 35.4. The zero-order chi connectivity index (χ0) is 37.9. The van der Waals surface area contributed by atoms with Crippen molar-refractivity contribution in [2.45, 2.75) is 207 Å². The maximum absolute atomic E-state index is 12.6. The first-order valence-electron chi connectivity index (χ1n) is 23.1. The Morgan fingerprint density at radius 3 is 1.28 bits per heavy atom. The van der Waals surface area contributed by atoms with Gasteiger partial charge in [-0.2, -0.15) is 0 Å². The SMILES string of the molecule is CCCCCCCCCCCCCCCCCCOc1cc(COC(=O)CCCN2CCN(C)CC2)cc(OCCCCCCCCCCCCC)c1. The molecule has 1 aliphatic heterocycles. The van der Waals surface area contributed by atoms with Crippen molar-refractivity contribution in [1.29, 1.82) is 0 Å². The van der Waals surface area contributed by atoms with E-state index in [2.05, 4.69) is 30.7 Å². The minimum absolute atomic E-state index is 0.123. The number of hydrogen-bond donors (Lipinski definition) is 0. The minimum atomic E-state index is -0.123. The van der Waals surface area contributed by atoms with Gasteiger partial charge in [-0.1, -0.05) is 174 Å². The first-order chi connectivity index (χ1) is 26.1. The monoisotopic (exact) mass is 743 g/mol. The standard InChI is InChI=1S/C47H86N2O4/c1-4-6-8-10-12-14-16-17-18-19-20-22-24-26-28-30-39-52-46-41-44(43-53-47(50)32-31-33-49-36-34-48(3)35-37-49)40-45(42-46)51-38-29-27-25-23-21-15-13-11-9-7-5-2/h40-42H,4-39,43H2,1-3H3. The van der Waals surface area contributed by atoms with E-state index in [1.54, 1.807) is 0 Å². The van der Waals surface area contributed by atoms with Gasteiger partial charge in [0.2, 0.25) is 0 Å². The third-order valence-electron chi connectivity index (χ3n) is 11.1. The van der Waals surface area contributed by atoms with E-state index in [0.717, 1.165) is 69.0 Å². The maximum Gasteiger partial charge on any atom is 0.306 e. The van der Waals surface area contributed by atoms with Crippen LogP contribution in [0.25, 0.3) is 0 Å². The first kappa shape index (κ1) is 47.4. The average molecular weight is 743 g/mol. The molecule has 0 amide bonds. The van der Waals surface area contributed by atoms with Gasteiger partial charge in [0.15, 0.2) is 0 Å². The molecule has 308 valence electrons. The van der Waals surface area contributed by atoms with Crippen LogP contribution in [0.2, 0.25) is 0 Å². The molecule has 0 atom stereocenters. The molecule has 6 nitrogen and oxygen atoms in total. The Balaban J connectivity index is 1.64.